The molecule has 0 saturated carbocycles. The molecule has 0 radical (unpaired) electrons. The fraction of sp³-hybridized carbons (Fsp3) is 0.778. The van der Waals surface area contributed by atoms with Gasteiger partial charge in [0.25, 0.3) is 0 Å². The molecule has 0 fully saturated rings. The monoisotopic (exact) mass is 214 g/mol. The van der Waals surface area contributed by atoms with Gasteiger partial charge in [0.05, 0.1) is 12.5 Å². The zero-order chi connectivity index (χ0) is 11.7. The third kappa shape index (κ3) is 6.85. The Hall–Kier alpha value is -1.16. The van der Waals surface area contributed by atoms with Crippen molar-refractivity contribution in [3.05, 3.63) is 0 Å². The molecule has 6 heteroatoms. The van der Waals surface area contributed by atoms with E-state index in [4.69, 9.17) is 11.1 Å². The minimum Gasteiger partial charge on any atom is -0.356 e. The summed E-state index contributed by atoms with van der Waals surface area (Å²) in [6.45, 7) is 5.27. The van der Waals surface area contributed by atoms with Gasteiger partial charge < -0.3 is 4.84 Å². The van der Waals surface area contributed by atoms with Crippen LogP contribution in [0.15, 0.2) is 0 Å². The van der Waals surface area contributed by atoms with Crippen LogP contribution in [-0.2, 0) is 9.63 Å². The van der Waals surface area contributed by atoms with Crippen molar-refractivity contribution in [2.24, 2.45) is 5.84 Å². The molecule has 0 aliphatic heterocycles. The van der Waals surface area contributed by atoms with Gasteiger partial charge in [-0.1, -0.05) is 5.59 Å². The zero-order valence-electron chi connectivity index (χ0n) is 9.19. The van der Waals surface area contributed by atoms with Gasteiger partial charge in [-0.2, -0.15) is 5.26 Å². The van der Waals surface area contributed by atoms with Crippen molar-refractivity contribution in [2.45, 2.75) is 32.7 Å². The number of hydrogen-bond acceptors (Lipinski definition) is 6. The minimum atomic E-state index is -0.403. The Morgan fingerprint density at radius 2 is 2.27 bits per heavy atom. The molecule has 3 N–H and O–H groups in total. The first kappa shape index (κ1) is 13.8. The number of hydrogen-bond donors (Lipinski definition) is 2. The highest BCUT2D eigenvalue weighted by molar-refractivity contribution is 5.69. The van der Waals surface area contributed by atoms with E-state index in [1.807, 2.05) is 24.3 Å². The van der Waals surface area contributed by atoms with Gasteiger partial charge in [-0.15, -0.1) is 0 Å². The molecule has 0 bridgehead atoms. The van der Waals surface area contributed by atoms with Crippen molar-refractivity contribution in [1.29, 1.82) is 5.26 Å². The Kier molecular flexibility index (Phi) is 7.54. The fourth-order valence-electron chi connectivity index (χ4n) is 1.17. The van der Waals surface area contributed by atoms with Gasteiger partial charge in [0.2, 0.25) is 0 Å². The molecule has 0 aromatic rings. The Bertz CT molecular complexity index is 225. The number of carbonyl (C=O) groups excluding carboxylic acids is 1. The maximum absolute atomic E-state index is 11.0. The van der Waals surface area contributed by atoms with E-state index in [1.54, 1.807) is 0 Å². The van der Waals surface area contributed by atoms with Gasteiger partial charge in [0, 0.05) is 25.6 Å². The van der Waals surface area contributed by atoms with Crippen molar-refractivity contribution in [1.82, 2.24) is 10.5 Å². The summed E-state index contributed by atoms with van der Waals surface area (Å²) in [5.41, 5.74) is 1.84. The van der Waals surface area contributed by atoms with Crippen LogP contribution in [0.3, 0.4) is 0 Å². The lowest BCUT2D eigenvalue weighted by molar-refractivity contribution is -0.151. The summed E-state index contributed by atoms with van der Waals surface area (Å²) in [7, 11) is 0. The molecule has 0 spiro atoms. The number of carbonyl (C=O) groups is 1. The highest BCUT2D eigenvalue weighted by Gasteiger charge is 2.11. The van der Waals surface area contributed by atoms with E-state index in [1.165, 1.54) is 0 Å². The molecule has 86 valence electrons. The summed E-state index contributed by atoms with van der Waals surface area (Å²) in [4.78, 5) is 17.4. The third-order valence-electron chi connectivity index (χ3n) is 2.02. The van der Waals surface area contributed by atoms with E-state index in [9.17, 15) is 4.79 Å². The Morgan fingerprint density at radius 3 is 2.73 bits per heavy atom. The highest BCUT2D eigenvalue weighted by atomic mass is 16.7. The highest BCUT2D eigenvalue weighted by Crippen LogP contribution is 2.01. The Balaban J connectivity index is 3.86. The Labute approximate surface area is 89.9 Å². The molecule has 0 aliphatic carbocycles. The van der Waals surface area contributed by atoms with Crippen molar-refractivity contribution in [3.8, 4) is 6.07 Å². The quantitative estimate of drug-likeness (QED) is 0.455. The molecular weight excluding hydrogens is 196 g/mol. The number of nitrogens with two attached hydrogens (primary N) is 1. The van der Waals surface area contributed by atoms with Gasteiger partial charge in [-0.05, 0) is 13.8 Å². The number of nitrogens with zero attached hydrogens (tertiary/aromatic N) is 2. The van der Waals surface area contributed by atoms with Crippen molar-refractivity contribution >= 4 is 5.97 Å². The lowest BCUT2D eigenvalue weighted by Crippen LogP contribution is -2.35. The molecule has 0 aromatic carbocycles. The molecule has 0 saturated heterocycles. The predicted molar refractivity (Wildman–Crippen MR) is 55.0 cm³/mol. The topological polar surface area (TPSA) is 91.4 Å². The summed E-state index contributed by atoms with van der Waals surface area (Å²) in [6.07, 6.45) is 0.718. The van der Waals surface area contributed by atoms with Crippen LogP contribution in [0.2, 0.25) is 0 Å². The smallest absolute Gasteiger partial charge is 0.327 e. The van der Waals surface area contributed by atoms with Crippen LogP contribution >= 0.6 is 0 Å². The van der Waals surface area contributed by atoms with E-state index in [0.29, 0.717) is 25.6 Å². The van der Waals surface area contributed by atoms with Crippen molar-refractivity contribution < 1.29 is 9.63 Å². The van der Waals surface area contributed by atoms with Crippen molar-refractivity contribution in [2.75, 3.05) is 13.1 Å². The molecule has 0 aromatic heterocycles. The van der Waals surface area contributed by atoms with Gasteiger partial charge in [-0.3, -0.25) is 9.69 Å². The standard InChI is InChI=1S/C9H18N4O2/c1-8(2)13(6-3-5-10)7-4-9(14)15-12-11/h8,12H,3-4,6-7,11H2,1-2H3. The second kappa shape index (κ2) is 8.17. The molecule has 0 atom stereocenters. The first-order valence-electron chi connectivity index (χ1n) is 4.88. The van der Waals surface area contributed by atoms with E-state index < -0.39 is 5.97 Å². The molecule has 0 unspecified atom stereocenters. The average Bonchev–Trinajstić information content (AvgIpc) is 2.17. The summed E-state index contributed by atoms with van der Waals surface area (Å²) in [5, 5.41) is 8.46. The first-order chi connectivity index (χ1) is 7.11. The largest absolute Gasteiger partial charge is 0.356 e. The lowest BCUT2D eigenvalue weighted by Gasteiger charge is -2.24. The van der Waals surface area contributed by atoms with Gasteiger partial charge in [0.15, 0.2) is 0 Å². The van der Waals surface area contributed by atoms with Crippen LogP contribution in [0, 0.1) is 11.3 Å². The molecule has 0 rings (SSSR count). The molecular formula is C9H18N4O2. The molecule has 0 heterocycles. The molecule has 0 amide bonds. The van der Waals surface area contributed by atoms with Gasteiger partial charge in [0.1, 0.15) is 0 Å². The van der Waals surface area contributed by atoms with Crippen LogP contribution in [0.5, 0.6) is 0 Å². The van der Waals surface area contributed by atoms with Crippen LogP contribution in [0.4, 0.5) is 0 Å². The molecule has 15 heavy (non-hydrogen) atoms. The van der Waals surface area contributed by atoms with Crippen LogP contribution in [0.1, 0.15) is 26.7 Å². The van der Waals surface area contributed by atoms with E-state index in [0.717, 1.165) is 0 Å². The number of nitriles is 1. The molecule has 6 nitrogen and oxygen atoms in total. The third-order valence-corrected chi connectivity index (χ3v) is 2.02. The summed E-state index contributed by atoms with van der Waals surface area (Å²) in [5.74, 6) is 4.42. The minimum absolute atomic E-state index is 0.258. The summed E-state index contributed by atoms with van der Waals surface area (Å²) < 4.78 is 0. The lowest BCUT2D eigenvalue weighted by atomic mass is 10.2. The maximum Gasteiger partial charge on any atom is 0.327 e. The van der Waals surface area contributed by atoms with Gasteiger partial charge in [-0.25, -0.2) is 5.84 Å². The predicted octanol–water partition coefficient (Wildman–Crippen LogP) is -0.0779. The van der Waals surface area contributed by atoms with Crippen LogP contribution in [-0.4, -0.2) is 30.0 Å². The summed E-state index contributed by atoms with van der Waals surface area (Å²) >= 11 is 0. The van der Waals surface area contributed by atoms with Gasteiger partial charge >= 0.3 is 5.97 Å². The van der Waals surface area contributed by atoms with Crippen molar-refractivity contribution in [3.63, 3.8) is 0 Å². The number of hydrazine groups is 1. The van der Waals surface area contributed by atoms with E-state index in [-0.39, 0.29) is 6.42 Å². The normalized spacial score (nSPS) is 10.4. The van der Waals surface area contributed by atoms with E-state index >= 15 is 0 Å². The van der Waals surface area contributed by atoms with Crippen LogP contribution < -0.4 is 11.4 Å². The fourth-order valence-corrected chi connectivity index (χ4v) is 1.17. The second-order valence-electron chi connectivity index (χ2n) is 3.38. The maximum atomic E-state index is 11.0. The number of rotatable bonds is 7. The van der Waals surface area contributed by atoms with Crippen LogP contribution in [0.25, 0.3) is 0 Å². The zero-order valence-corrected chi connectivity index (χ0v) is 9.19. The molecule has 0 aliphatic rings. The number of nitrogens with one attached hydrogen (secondary N) is 1. The van der Waals surface area contributed by atoms with E-state index in [2.05, 4.69) is 10.9 Å². The Morgan fingerprint density at radius 1 is 1.60 bits per heavy atom. The summed E-state index contributed by atoms with van der Waals surface area (Å²) in [6, 6.07) is 2.38. The average molecular weight is 214 g/mol. The first-order valence-corrected chi connectivity index (χ1v) is 4.88. The second-order valence-corrected chi connectivity index (χ2v) is 3.38. The SMILES string of the molecule is CC(C)N(CCC#N)CCC(=O)ONN.